The summed E-state index contributed by atoms with van der Waals surface area (Å²) in [7, 11) is 2.04. The van der Waals surface area contributed by atoms with Crippen molar-refractivity contribution in [3.8, 4) is 11.4 Å². The van der Waals surface area contributed by atoms with Crippen LogP contribution < -0.4 is 0 Å². The normalized spacial score (nSPS) is 11.2. The third kappa shape index (κ3) is 2.21. The van der Waals surface area contributed by atoms with E-state index in [9.17, 15) is 0 Å². The average molecular weight is 266 g/mol. The first-order valence-electron chi connectivity index (χ1n) is 6.82. The first kappa shape index (κ1) is 12.9. The van der Waals surface area contributed by atoms with E-state index in [2.05, 4.69) is 41.8 Å². The van der Waals surface area contributed by atoms with Crippen molar-refractivity contribution in [3.63, 3.8) is 0 Å². The maximum Gasteiger partial charge on any atom is 0.140 e. The van der Waals surface area contributed by atoms with E-state index in [1.54, 1.807) is 0 Å². The monoisotopic (exact) mass is 266 g/mol. The van der Waals surface area contributed by atoms with Gasteiger partial charge in [-0.05, 0) is 37.1 Å². The van der Waals surface area contributed by atoms with Gasteiger partial charge in [0, 0.05) is 19.2 Å². The fraction of sp³-hybridized carbons (Fsp3) is 0.235. The average Bonchev–Trinajstić information content (AvgIpc) is 2.77. The van der Waals surface area contributed by atoms with E-state index in [0.717, 1.165) is 28.0 Å². The molecule has 1 heterocycles. The number of aryl methyl sites for hydroxylation is 2. The van der Waals surface area contributed by atoms with Gasteiger partial charge in [0.15, 0.2) is 0 Å². The predicted octanol–water partition coefficient (Wildman–Crippen LogP) is 3.08. The van der Waals surface area contributed by atoms with E-state index < -0.39 is 0 Å². The van der Waals surface area contributed by atoms with Crippen LogP contribution in [0.25, 0.3) is 22.4 Å². The van der Waals surface area contributed by atoms with Crippen molar-refractivity contribution >= 4 is 11.0 Å². The lowest BCUT2D eigenvalue weighted by Gasteiger charge is -2.04. The zero-order valence-corrected chi connectivity index (χ0v) is 11.8. The van der Waals surface area contributed by atoms with Gasteiger partial charge in [-0.25, -0.2) is 4.98 Å². The highest BCUT2D eigenvalue weighted by atomic mass is 16.2. The summed E-state index contributed by atoms with van der Waals surface area (Å²) in [6.45, 7) is 2.26. The van der Waals surface area contributed by atoms with E-state index in [1.165, 1.54) is 5.56 Å². The molecule has 0 aliphatic carbocycles. The molecule has 3 nitrogen and oxygen atoms in total. The van der Waals surface area contributed by atoms with Crippen LogP contribution in [0.3, 0.4) is 0 Å². The lowest BCUT2D eigenvalue weighted by molar-refractivity contribution is 0.299. The Morgan fingerprint density at radius 2 is 2.00 bits per heavy atom. The van der Waals surface area contributed by atoms with Crippen molar-refractivity contribution in [2.45, 2.75) is 13.3 Å². The van der Waals surface area contributed by atoms with Gasteiger partial charge in [-0.15, -0.1) is 0 Å². The van der Waals surface area contributed by atoms with Gasteiger partial charge in [0.05, 0.1) is 11.0 Å². The Morgan fingerprint density at radius 1 is 1.15 bits per heavy atom. The molecule has 1 aromatic heterocycles. The van der Waals surface area contributed by atoms with Gasteiger partial charge in [-0.2, -0.15) is 0 Å². The molecule has 0 unspecified atom stereocenters. The molecule has 1 N–H and O–H groups in total. The van der Waals surface area contributed by atoms with E-state index in [0.29, 0.717) is 6.42 Å². The molecule has 0 fully saturated rings. The number of nitrogens with zero attached hydrogens (tertiary/aromatic N) is 2. The molecule has 0 radical (unpaired) electrons. The minimum absolute atomic E-state index is 0.175. The molecule has 3 heteroatoms. The molecule has 102 valence electrons. The number of imidazole rings is 1. The van der Waals surface area contributed by atoms with Gasteiger partial charge in [0.25, 0.3) is 0 Å². The molecule has 3 aromatic rings. The Balaban J connectivity index is 2.15. The van der Waals surface area contributed by atoms with Crippen LogP contribution in [0.1, 0.15) is 11.1 Å². The maximum atomic E-state index is 9.05. The molecule has 0 bridgehead atoms. The van der Waals surface area contributed by atoms with Crippen LogP contribution >= 0.6 is 0 Å². The first-order chi connectivity index (χ1) is 9.69. The van der Waals surface area contributed by atoms with Crippen molar-refractivity contribution in [1.29, 1.82) is 0 Å². The molecular weight excluding hydrogens is 248 g/mol. The van der Waals surface area contributed by atoms with Crippen molar-refractivity contribution in [1.82, 2.24) is 9.55 Å². The second kappa shape index (κ2) is 5.10. The van der Waals surface area contributed by atoms with Gasteiger partial charge >= 0.3 is 0 Å². The summed E-state index contributed by atoms with van der Waals surface area (Å²) in [5, 5.41) is 9.05. The topological polar surface area (TPSA) is 38.1 Å². The summed E-state index contributed by atoms with van der Waals surface area (Å²) < 4.78 is 2.12. The van der Waals surface area contributed by atoms with Crippen LogP contribution in [0.15, 0.2) is 42.5 Å². The Morgan fingerprint density at radius 3 is 2.75 bits per heavy atom. The van der Waals surface area contributed by atoms with Crippen LogP contribution in [-0.4, -0.2) is 21.3 Å². The predicted molar refractivity (Wildman–Crippen MR) is 81.7 cm³/mol. The number of rotatable bonds is 3. The van der Waals surface area contributed by atoms with Crippen LogP contribution in [0, 0.1) is 6.92 Å². The maximum absolute atomic E-state index is 9.05. The zero-order valence-electron chi connectivity index (χ0n) is 11.8. The van der Waals surface area contributed by atoms with Crippen LogP contribution in [0.5, 0.6) is 0 Å². The Hall–Kier alpha value is -2.13. The van der Waals surface area contributed by atoms with E-state index in [-0.39, 0.29) is 6.61 Å². The number of hydrogen-bond donors (Lipinski definition) is 1. The Bertz CT molecular complexity index is 759. The number of aliphatic hydroxyl groups is 1. The van der Waals surface area contributed by atoms with E-state index in [4.69, 9.17) is 10.1 Å². The molecule has 0 aliphatic rings. The lowest BCUT2D eigenvalue weighted by Crippen LogP contribution is -1.94. The second-order valence-corrected chi connectivity index (χ2v) is 5.16. The van der Waals surface area contributed by atoms with Gasteiger partial charge in [-0.1, -0.05) is 29.8 Å². The van der Waals surface area contributed by atoms with Crippen molar-refractivity contribution in [3.05, 3.63) is 53.6 Å². The minimum atomic E-state index is 0.175. The standard InChI is InChI=1S/C17H18N2O/c1-12-4-3-5-14(10-12)17-18-15-7-6-13(8-9-20)11-16(15)19(17)2/h3-7,10-11,20H,8-9H2,1-2H3. The molecule has 0 saturated carbocycles. The zero-order chi connectivity index (χ0) is 14.1. The molecule has 20 heavy (non-hydrogen) atoms. The summed E-state index contributed by atoms with van der Waals surface area (Å²) in [4.78, 5) is 4.73. The van der Waals surface area contributed by atoms with E-state index in [1.807, 2.05) is 19.2 Å². The lowest BCUT2D eigenvalue weighted by atomic mass is 10.1. The smallest absolute Gasteiger partial charge is 0.140 e. The Labute approximate surface area is 118 Å². The van der Waals surface area contributed by atoms with Crippen LogP contribution in [-0.2, 0) is 13.5 Å². The molecule has 0 spiro atoms. The van der Waals surface area contributed by atoms with Gasteiger partial charge in [-0.3, -0.25) is 0 Å². The highest BCUT2D eigenvalue weighted by molar-refractivity contribution is 5.81. The highest BCUT2D eigenvalue weighted by Gasteiger charge is 2.10. The molecule has 0 saturated heterocycles. The molecule has 2 aromatic carbocycles. The fourth-order valence-corrected chi connectivity index (χ4v) is 2.56. The number of aliphatic hydroxyl groups excluding tert-OH is 1. The molecular formula is C17H18N2O. The summed E-state index contributed by atoms with van der Waals surface area (Å²) in [5.41, 5.74) is 5.60. The molecule has 0 aliphatic heterocycles. The number of benzene rings is 2. The summed E-state index contributed by atoms with van der Waals surface area (Å²) in [6, 6.07) is 14.6. The van der Waals surface area contributed by atoms with Gasteiger partial charge < -0.3 is 9.67 Å². The van der Waals surface area contributed by atoms with Crippen molar-refractivity contribution in [2.24, 2.45) is 7.05 Å². The first-order valence-corrected chi connectivity index (χ1v) is 6.82. The van der Waals surface area contributed by atoms with Gasteiger partial charge in [0.1, 0.15) is 5.82 Å². The molecule has 0 amide bonds. The minimum Gasteiger partial charge on any atom is -0.396 e. The third-order valence-electron chi connectivity index (χ3n) is 3.62. The summed E-state index contributed by atoms with van der Waals surface area (Å²) >= 11 is 0. The van der Waals surface area contributed by atoms with Crippen molar-refractivity contribution < 1.29 is 5.11 Å². The number of hydrogen-bond acceptors (Lipinski definition) is 2. The van der Waals surface area contributed by atoms with Gasteiger partial charge in [0.2, 0.25) is 0 Å². The van der Waals surface area contributed by atoms with E-state index >= 15 is 0 Å². The molecule has 3 rings (SSSR count). The molecule has 0 atom stereocenters. The summed E-state index contributed by atoms with van der Waals surface area (Å²) in [6.07, 6.45) is 0.681. The third-order valence-corrected chi connectivity index (χ3v) is 3.62. The second-order valence-electron chi connectivity index (χ2n) is 5.16. The number of aromatic nitrogens is 2. The highest BCUT2D eigenvalue weighted by Crippen LogP contribution is 2.25. The quantitative estimate of drug-likeness (QED) is 0.791. The Kier molecular flexibility index (Phi) is 3.28. The largest absolute Gasteiger partial charge is 0.396 e. The van der Waals surface area contributed by atoms with Crippen LogP contribution in [0.2, 0.25) is 0 Å². The summed E-state index contributed by atoms with van der Waals surface area (Å²) in [5.74, 6) is 0.977. The van der Waals surface area contributed by atoms with Crippen LogP contribution in [0.4, 0.5) is 0 Å². The fourth-order valence-electron chi connectivity index (χ4n) is 2.56. The number of fused-ring (bicyclic) bond motifs is 1. The SMILES string of the molecule is Cc1cccc(-c2nc3ccc(CCO)cc3n2C)c1. The van der Waals surface area contributed by atoms with Crippen molar-refractivity contribution in [2.75, 3.05) is 6.61 Å².